The molecule has 0 aliphatic carbocycles. The second-order valence-electron chi connectivity index (χ2n) is 6.93. The number of urea groups is 1. The molecule has 0 radical (unpaired) electrons. The summed E-state index contributed by atoms with van der Waals surface area (Å²) in [5, 5.41) is 5.54. The van der Waals surface area contributed by atoms with Crippen molar-refractivity contribution >= 4 is 23.3 Å². The molecule has 2 aromatic carbocycles. The summed E-state index contributed by atoms with van der Waals surface area (Å²) < 4.78 is 26.5. The Labute approximate surface area is 161 Å². The van der Waals surface area contributed by atoms with Crippen LogP contribution in [0.3, 0.4) is 0 Å². The van der Waals surface area contributed by atoms with Crippen molar-refractivity contribution in [1.82, 2.24) is 5.32 Å². The lowest BCUT2D eigenvalue weighted by Crippen LogP contribution is -2.34. The fraction of sp³-hybridized carbons (Fsp3) is 0.300. The molecule has 0 bridgehead atoms. The van der Waals surface area contributed by atoms with Gasteiger partial charge in [-0.3, -0.25) is 4.79 Å². The average molecular weight is 388 g/mol. The number of nitrogens with two attached hydrogens (primary N) is 1. The number of carbonyl (C=O) groups is 2. The highest BCUT2D eigenvalue weighted by Crippen LogP contribution is 2.25. The Morgan fingerprint density at radius 3 is 2.68 bits per heavy atom. The van der Waals surface area contributed by atoms with Crippen LogP contribution in [0.15, 0.2) is 36.4 Å². The van der Waals surface area contributed by atoms with E-state index in [2.05, 4.69) is 10.6 Å². The van der Waals surface area contributed by atoms with Crippen molar-refractivity contribution < 1.29 is 18.4 Å². The van der Waals surface area contributed by atoms with Gasteiger partial charge in [-0.2, -0.15) is 0 Å². The summed E-state index contributed by atoms with van der Waals surface area (Å²) in [6, 6.07) is 8.33. The molecule has 4 N–H and O–H groups in total. The first-order chi connectivity index (χ1) is 13.3. The van der Waals surface area contributed by atoms with Gasteiger partial charge in [0.1, 0.15) is 0 Å². The fourth-order valence-corrected chi connectivity index (χ4v) is 3.23. The van der Waals surface area contributed by atoms with Crippen molar-refractivity contribution in [3.05, 3.63) is 59.2 Å². The Kier molecular flexibility index (Phi) is 5.77. The average Bonchev–Trinajstić information content (AvgIpc) is 3.13. The van der Waals surface area contributed by atoms with Gasteiger partial charge >= 0.3 is 6.03 Å². The normalized spacial score (nSPS) is 16.1. The van der Waals surface area contributed by atoms with Crippen LogP contribution in [0.25, 0.3) is 0 Å². The van der Waals surface area contributed by atoms with E-state index in [0.29, 0.717) is 36.6 Å². The van der Waals surface area contributed by atoms with E-state index in [0.717, 1.165) is 18.1 Å². The summed E-state index contributed by atoms with van der Waals surface area (Å²) in [6.07, 6.45) is 0.829. The van der Waals surface area contributed by atoms with Crippen LogP contribution in [0.5, 0.6) is 0 Å². The molecule has 6 nitrogen and oxygen atoms in total. The number of primary amides is 1. The van der Waals surface area contributed by atoms with Gasteiger partial charge < -0.3 is 21.3 Å². The predicted molar refractivity (Wildman–Crippen MR) is 103 cm³/mol. The minimum Gasteiger partial charge on any atom is -0.371 e. The molecular weight excluding hydrogens is 366 g/mol. The molecule has 1 saturated heterocycles. The molecular formula is C20H22F2N4O2. The quantitative estimate of drug-likeness (QED) is 0.736. The van der Waals surface area contributed by atoms with E-state index in [9.17, 15) is 18.4 Å². The zero-order valence-electron chi connectivity index (χ0n) is 15.5. The number of aryl methyl sites for hydroxylation is 1. The maximum absolute atomic E-state index is 13.4. The lowest BCUT2D eigenvalue weighted by atomic mass is 10.1. The van der Waals surface area contributed by atoms with Crippen LogP contribution >= 0.6 is 0 Å². The molecule has 1 atom stereocenters. The predicted octanol–water partition coefficient (Wildman–Crippen LogP) is 3.02. The molecule has 1 unspecified atom stereocenters. The maximum Gasteiger partial charge on any atom is 0.319 e. The molecule has 3 rings (SSSR count). The van der Waals surface area contributed by atoms with Gasteiger partial charge in [-0.1, -0.05) is 6.07 Å². The van der Waals surface area contributed by atoms with Crippen molar-refractivity contribution in [1.29, 1.82) is 0 Å². The monoisotopic (exact) mass is 388 g/mol. The zero-order valence-corrected chi connectivity index (χ0v) is 15.5. The van der Waals surface area contributed by atoms with Crippen LogP contribution in [-0.2, 0) is 0 Å². The van der Waals surface area contributed by atoms with Crippen molar-refractivity contribution in [2.75, 3.05) is 29.9 Å². The lowest BCUT2D eigenvalue weighted by Gasteiger charge is -2.19. The van der Waals surface area contributed by atoms with E-state index in [1.165, 1.54) is 12.1 Å². The van der Waals surface area contributed by atoms with Gasteiger partial charge in [-0.05, 0) is 49.1 Å². The van der Waals surface area contributed by atoms with E-state index >= 15 is 0 Å². The Bertz CT molecular complexity index is 904. The highest BCUT2D eigenvalue weighted by Gasteiger charge is 2.24. The van der Waals surface area contributed by atoms with E-state index < -0.39 is 17.5 Å². The Balaban J connectivity index is 1.52. The van der Waals surface area contributed by atoms with Crippen LogP contribution in [-0.4, -0.2) is 31.6 Å². The van der Waals surface area contributed by atoms with Crippen LogP contribution in [0.2, 0.25) is 0 Å². The van der Waals surface area contributed by atoms with Crippen LogP contribution in [0.1, 0.15) is 22.3 Å². The molecule has 2 aromatic rings. The molecule has 3 amide bonds. The summed E-state index contributed by atoms with van der Waals surface area (Å²) in [7, 11) is 0. The standard InChI is InChI=1S/C20H22F2N4O2/c1-12-2-3-14(19(23)27)8-18(12)25-20(28)24-10-13-6-7-26(11-13)15-4-5-16(21)17(22)9-15/h2-5,8-9,13H,6-7,10-11H2,1H3,(H2,23,27)(H2,24,25,28). The fourth-order valence-electron chi connectivity index (χ4n) is 3.23. The van der Waals surface area contributed by atoms with Crippen molar-refractivity contribution in [3.63, 3.8) is 0 Å². The maximum atomic E-state index is 13.4. The molecule has 0 spiro atoms. The smallest absolute Gasteiger partial charge is 0.319 e. The zero-order chi connectivity index (χ0) is 20.3. The third-order valence-corrected chi connectivity index (χ3v) is 4.88. The van der Waals surface area contributed by atoms with Crippen LogP contribution in [0.4, 0.5) is 25.0 Å². The highest BCUT2D eigenvalue weighted by atomic mass is 19.2. The second kappa shape index (κ2) is 8.24. The number of hydrogen-bond donors (Lipinski definition) is 3. The Morgan fingerprint density at radius 1 is 1.18 bits per heavy atom. The van der Waals surface area contributed by atoms with Gasteiger partial charge in [0.2, 0.25) is 5.91 Å². The summed E-state index contributed by atoms with van der Waals surface area (Å²) in [5.74, 6) is -2.11. The molecule has 1 aliphatic heterocycles. The second-order valence-corrected chi connectivity index (χ2v) is 6.93. The van der Waals surface area contributed by atoms with Crippen LogP contribution < -0.4 is 21.3 Å². The molecule has 1 aliphatic rings. The first kappa shape index (κ1) is 19.6. The van der Waals surface area contributed by atoms with Gasteiger partial charge in [0.05, 0.1) is 0 Å². The van der Waals surface area contributed by atoms with Crippen molar-refractivity contribution in [2.24, 2.45) is 11.7 Å². The van der Waals surface area contributed by atoms with E-state index in [4.69, 9.17) is 5.73 Å². The van der Waals surface area contributed by atoms with Crippen molar-refractivity contribution in [2.45, 2.75) is 13.3 Å². The number of benzene rings is 2. The number of hydrogen-bond acceptors (Lipinski definition) is 3. The third kappa shape index (κ3) is 4.57. The Morgan fingerprint density at radius 2 is 1.96 bits per heavy atom. The molecule has 1 heterocycles. The van der Waals surface area contributed by atoms with Gasteiger partial charge in [0.25, 0.3) is 0 Å². The number of carbonyl (C=O) groups excluding carboxylic acids is 2. The largest absolute Gasteiger partial charge is 0.371 e. The molecule has 1 fully saturated rings. The van der Waals surface area contributed by atoms with Crippen molar-refractivity contribution in [3.8, 4) is 0 Å². The van der Waals surface area contributed by atoms with Crippen LogP contribution in [0, 0.1) is 24.5 Å². The summed E-state index contributed by atoms with van der Waals surface area (Å²) >= 11 is 0. The number of nitrogens with zero attached hydrogens (tertiary/aromatic N) is 1. The SMILES string of the molecule is Cc1ccc(C(N)=O)cc1NC(=O)NCC1CCN(c2ccc(F)c(F)c2)C1. The summed E-state index contributed by atoms with van der Waals surface area (Å²) in [5.41, 5.74) is 7.54. The third-order valence-electron chi connectivity index (χ3n) is 4.88. The Hall–Kier alpha value is -3.16. The summed E-state index contributed by atoms with van der Waals surface area (Å²) in [6.45, 7) is 3.61. The van der Waals surface area contributed by atoms with Gasteiger partial charge in [-0.15, -0.1) is 0 Å². The number of rotatable bonds is 5. The van der Waals surface area contributed by atoms with Gasteiger partial charge in [0, 0.05) is 42.6 Å². The highest BCUT2D eigenvalue weighted by molar-refractivity contribution is 5.96. The number of halogens is 2. The minimum absolute atomic E-state index is 0.192. The minimum atomic E-state index is -0.869. The number of nitrogens with one attached hydrogen (secondary N) is 2. The van der Waals surface area contributed by atoms with Gasteiger partial charge in [0.15, 0.2) is 11.6 Å². The van der Waals surface area contributed by atoms with E-state index in [-0.39, 0.29) is 11.9 Å². The first-order valence-corrected chi connectivity index (χ1v) is 8.99. The molecule has 0 saturated carbocycles. The number of anilines is 2. The molecule has 0 aromatic heterocycles. The lowest BCUT2D eigenvalue weighted by molar-refractivity contribution is 0.1000. The molecule has 148 valence electrons. The van der Waals surface area contributed by atoms with Gasteiger partial charge in [-0.25, -0.2) is 13.6 Å². The van der Waals surface area contributed by atoms with E-state index in [1.807, 2.05) is 11.8 Å². The first-order valence-electron chi connectivity index (χ1n) is 8.99. The number of amides is 3. The summed E-state index contributed by atoms with van der Waals surface area (Å²) in [4.78, 5) is 25.4. The topological polar surface area (TPSA) is 87.5 Å². The molecule has 28 heavy (non-hydrogen) atoms. The van der Waals surface area contributed by atoms with E-state index in [1.54, 1.807) is 18.2 Å². The molecule has 8 heteroatoms.